The van der Waals surface area contributed by atoms with Gasteiger partial charge in [0.1, 0.15) is 0 Å². The second kappa shape index (κ2) is 5.90. The van der Waals surface area contributed by atoms with E-state index in [1.165, 1.54) is 32.1 Å². The van der Waals surface area contributed by atoms with E-state index in [4.69, 9.17) is 10.0 Å². The fourth-order valence-electron chi connectivity index (χ4n) is 0.823. The molecule has 0 aromatic carbocycles. The number of rotatable bonds is 5. The average Bonchev–Trinajstić information content (AvgIpc) is 2.16. The van der Waals surface area contributed by atoms with Gasteiger partial charge in [-0.2, -0.15) is 0 Å². The van der Waals surface area contributed by atoms with Gasteiger partial charge in [0, 0.05) is 0 Å². The molecule has 0 aliphatic carbocycles. The van der Waals surface area contributed by atoms with E-state index in [2.05, 4.69) is 6.58 Å². The third kappa shape index (κ3) is 4.46. The third-order valence-corrected chi connectivity index (χ3v) is 3.53. The van der Waals surface area contributed by atoms with Crippen molar-refractivity contribution in [3.8, 4) is 0 Å². The molecule has 0 atom stereocenters. The van der Waals surface area contributed by atoms with Gasteiger partial charge in [0.2, 0.25) is 0 Å². The smallest absolute Gasteiger partial charge is 0.423 e. The highest BCUT2D eigenvalue weighted by atomic mass is 32.2. The molecule has 0 bridgehead atoms. The predicted octanol–water partition coefficient (Wildman–Crippen LogP) is 0.449. The minimum atomic E-state index is -3.36. The molecule has 4 nitrogen and oxygen atoms in total. The van der Waals surface area contributed by atoms with Crippen molar-refractivity contribution in [1.29, 1.82) is 0 Å². The molecule has 0 aromatic rings. The predicted molar refractivity (Wildman–Crippen MR) is 61.7 cm³/mol. The minimum absolute atomic E-state index is 0.0330. The van der Waals surface area contributed by atoms with E-state index < -0.39 is 17.0 Å². The van der Waals surface area contributed by atoms with Gasteiger partial charge in [-0.1, -0.05) is 19.6 Å². The Morgan fingerprint density at radius 3 is 2.33 bits per heavy atom. The molecule has 84 valence electrons. The molecule has 0 heterocycles. The molecular formula is C9H15BO4S. The lowest BCUT2D eigenvalue weighted by Crippen LogP contribution is -2.14. The fraction of sp³-hybridized carbons (Fsp3) is 0.333. The Morgan fingerprint density at radius 1 is 1.47 bits per heavy atom. The first kappa shape index (κ1) is 14.2. The van der Waals surface area contributed by atoms with Crippen molar-refractivity contribution >= 4 is 17.0 Å². The lowest BCUT2D eigenvalue weighted by molar-refractivity contribution is 0.419. The zero-order chi connectivity index (χ0) is 12.1. The Bertz CT molecular complexity index is 379. The molecule has 2 N–H and O–H groups in total. The topological polar surface area (TPSA) is 74.6 Å². The van der Waals surface area contributed by atoms with Crippen LogP contribution in [0.3, 0.4) is 0 Å². The maximum absolute atomic E-state index is 11.5. The summed E-state index contributed by atoms with van der Waals surface area (Å²) in [5.41, 5.74) is 0.167. The fourth-order valence-corrected chi connectivity index (χ4v) is 1.83. The van der Waals surface area contributed by atoms with Gasteiger partial charge in [0.05, 0.1) is 10.7 Å². The molecule has 0 saturated heterocycles. The molecule has 0 spiro atoms. The molecule has 0 radical (unpaired) electrons. The Hall–Kier alpha value is -0.845. The van der Waals surface area contributed by atoms with Crippen LogP contribution in [-0.2, 0) is 9.84 Å². The summed E-state index contributed by atoms with van der Waals surface area (Å²) in [5.74, 6) is -0.0437. The highest BCUT2D eigenvalue weighted by molar-refractivity contribution is 7.95. The van der Waals surface area contributed by atoms with Crippen molar-refractivity contribution in [2.75, 3.05) is 5.75 Å². The Balaban J connectivity index is 5.30. The van der Waals surface area contributed by atoms with Crippen LogP contribution >= 0.6 is 0 Å². The molecule has 0 aliphatic heterocycles. The van der Waals surface area contributed by atoms with E-state index in [-0.39, 0.29) is 16.1 Å². The van der Waals surface area contributed by atoms with Crippen molar-refractivity contribution in [1.82, 2.24) is 0 Å². The van der Waals surface area contributed by atoms with Crippen LogP contribution < -0.4 is 0 Å². The van der Waals surface area contributed by atoms with Gasteiger partial charge >= 0.3 is 7.12 Å². The van der Waals surface area contributed by atoms with Gasteiger partial charge in [0.25, 0.3) is 0 Å². The van der Waals surface area contributed by atoms with Gasteiger partial charge < -0.3 is 10.0 Å². The summed E-state index contributed by atoms with van der Waals surface area (Å²) in [4.78, 5) is 0.0330. The first-order valence-corrected chi connectivity index (χ1v) is 6.10. The molecule has 0 saturated carbocycles. The summed E-state index contributed by atoms with van der Waals surface area (Å²) in [6, 6.07) is 0. The molecular weight excluding hydrogens is 215 g/mol. The van der Waals surface area contributed by atoms with Gasteiger partial charge in [-0.05, 0) is 24.5 Å². The summed E-state index contributed by atoms with van der Waals surface area (Å²) < 4.78 is 23.0. The van der Waals surface area contributed by atoms with Crippen molar-refractivity contribution in [2.24, 2.45) is 0 Å². The van der Waals surface area contributed by atoms with Crippen LogP contribution in [0.25, 0.3) is 0 Å². The molecule has 0 unspecified atom stereocenters. The first-order valence-electron chi connectivity index (χ1n) is 4.45. The highest BCUT2D eigenvalue weighted by Gasteiger charge is 2.16. The second-order valence-electron chi connectivity index (χ2n) is 2.97. The number of hydrogen-bond donors (Lipinski definition) is 2. The van der Waals surface area contributed by atoms with Crippen LogP contribution in [0.2, 0.25) is 0 Å². The zero-order valence-electron chi connectivity index (χ0n) is 8.84. The van der Waals surface area contributed by atoms with Gasteiger partial charge in [-0.15, -0.1) is 0 Å². The summed E-state index contributed by atoms with van der Waals surface area (Å²) in [6.45, 7) is 6.36. The first-order chi connectivity index (χ1) is 6.85. The summed E-state index contributed by atoms with van der Waals surface area (Å²) in [7, 11) is -5.01. The summed E-state index contributed by atoms with van der Waals surface area (Å²) >= 11 is 0. The van der Waals surface area contributed by atoms with E-state index in [1.54, 1.807) is 0 Å². The molecule has 0 aliphatic rings. The monoisotopic (exact) mass is 230 g/mol. The van der Waals surface area contributed by atoms with E-state index in [0.717, 1.165) is 0 Å². The summed E-state index contributed by atoms with van der Waals surface area (Å²) in [5, 5.41) is 17.6. The van der Waals surface area contributed by atoms with Crippen LogP contribution in [0.1, 0.15) is 13.8 Å². The highest BCUT2D eigenvalue weighted by Crippen LogP contribution is 2.12. The lowest BCUT2D eigenvalue weighted by Gasteiger charge is -2.04. The van der Waals surface area contributed by atoms with E-state index in [9.17, 15) is 8.42 Å². The number of allylic oxidation sites excluding steroid dienone is 4. The Labute approximate surface area is 90.7 Å². The Kier molecular flexibility index (Phi) is 5.56. The Morgan fingerprint density at radius 2 is 2.00 bits per heavy atom. The van der Waals surface area contributed by atoms with Crippen molar-refractivity contribution in [3.63, 3.8) is 0 Å². The second-order valence-corrected chi connectivity index (χ2v) is 5.25. The van der Waals surface area contributed by atoms with Crippen LogP contribution in [0.15, 0.2) is 35.2 Å². The maximum Gasteiger partial charge on any atom is 0.483 e. The van der Waals surface area contributed by atoms with Gasteiger partial charge in [0.15, 0.2) is 9.84 Å². The van der Waals surface area contributed by atoms with Gasteiger partial charge in [-0.3, -0.25) is 0 Å². The minimum Gasteiger partial charge on any atom is -0.423 e. The largest absolute Gasteiger partial charge is 0.483 e. The molecule has 0 aromatic heterocycles. The zero-order valence-corrected chi connectivity index (χ0v) is 9.66. The van der Waals surface area contributed by atoms with Gasteiger partial charge in [-0.25, -0.2) is 8.42 Å². The third-order valence-electron chi connectivity index (χ3n) is 1.80. The average molecular weight is 230 g/mol. The van der Waals surface area contributed by atoms with E-state index in [1.807, 2.05) is 0 Å². The molecule has 15 heavy (non-hydrogen) atoms. The van der Waals surface area contributed by atoms with Crippen molar-refractivity contribution < 1.29 is 18.5 Å². The van der Waals surface area contributed by atoms with Crippen LogP contribution in [0, 0.1) is 0 Å². The quantitative estimate of drug-likeness (QED) is 0.531. The maximum atomic E-state index is 11.5. The standard InChI is InChI=1S/C9H15BO4S/c1-4-6-9(15(13,14)5-2)7-8(3)10(11)12/h4,6-7,11-12H,1,5H2,2-3H3/b8-7+,9-6+. The molecule has 0 rings (SSSR count). The normalized spacial score (nSPS) is 13.9. The SMILES string of the molecule is C=C/C=C(\C=C(/C)B(O)O)S(=O)(=O)CC. The van der Waals surface area contributed by atoms with E-state index >= 15 is 0 Å². The van der Waals surface area contributed by atoms with Crippen molar-refractivity contribution in [2.45, 2.75) is 13.8 Å². The van der Waals surface area contributed by atoms with Crippen LogP contribution in [0.4, 0.5) is 0 Å². The molecule has 0 amide bonds. The number of sulfone groups is 1. The molecule has 6 heteroatoms. The summed E-state index contributed by atoms with van der Waals surface area (Å²) in [6.07, 6.45) is 3.89. The van der Waals surface area contributed by atoms with Crippen molar-refractivity contribution in [3.05, 3.63) is 35.2 Å². The molecule has 0 fully saturated rings. The van der Waals surface area contributed by atoms with Crippen LogP contribution in [0.5, 0.6) is 0 Å². The van der Waals surface area contributed by atoms with Crippen LogP contribution in [-0.4, -0.2) is 31.3 Å². The number of hydrogen-bond acceptors (Lipinski definition) is 4. The lowest BCUT2D eigenvalue weighted by atomic mass is 9.80. The van der Waals surface area contributed by atoms with E-state index in [0.29, 0.717) is 0 Å².